The molecule has 4 rings (SSSR count). The number of carbonyl (C=O) groups excluding carboxylic acids is 1. The van der Waals surface area contributed by atoms with E-state index in [-0.39, 0.29) is 5.91 Å². The summed E-state index contributed by atoms with van der Waals surface area (Å²) < 4.78 is 11.8. The zero-order chi connectivity index (χ0) is 26.2. The maximum atomic E-state index is 12.8. The van der Waals surface area contributed by atoms with E-state index in [2.05, 4.69) is 11.9 Å². The van der Waals surface area contributed by atoms with Gasteiger partial charge in [-0.25, -0.2) is 9.78 Å². The van der Waals surface area contributed by atoms with Crippen molar-refractivity contribution in [2.45, 2.75) is 58.4 Å². The van der Waals surface area contributed by atoms with Crippen molar-refractivity contribution in [1.82, 2.24) is 9.88 Å². The van der Waals surface area contributed by atoms with Crippen LogP contribution in [0, 0.1) is 6.92 Å². The van der Waals surface area contributed by atoms with E-state index < -0.39 is 12.0 Å². The van der Waals surface area contributed by atoms with Crippen LogP contribution in [0.4, 0.5) is 0 Å². The van der Waals surface area contributed by atoms with Crippen LogP contribution in [0.2, 0.25) is 0 Å². The van der Waals surface area contributed by atoms with Crippen molar-refractivity contribution < 1.29 is 23.8 Å². The summed E-state index contributed by atoms with van der Waals surface area (Å²) in [7, 11) is 0. The lowest BCUT2D eigenvalue weighted by Gasteiger charge is -2.34. The second-order valence-corrected chi connectivity index (χ2v) is 9.27. The average Bonchev–Trinajstić information content (AvgIpc) is 3.28. The van der Waals surface area contributed by atoms with Gasteiger partial charge in [-0.2, -0.15) is 0 Å². The summed E-state index contributed by atoms with van der Waals surface area (Å²) in [5.41, 5.74) is 3.27. The number of nitrogens with zero attached hydrogens (tertiary/aromatic N) is 2. The van der Waals surface area contributed by atoms with Gasteiger partial charge in [0.1, 0.15) is 11.5 Å². The normalized spacial score (nSPS) is 15.1. The summed E-state index contributed by atoms with van der Waals surface area (Å²) in [4.78, 5) is 31.1. The molecule has 1 aliphatic heterocycles. The number of benzene rings is 2. The highest BCUT2D eigenvalue weighted by atomic mass is 16.5. The zero-order valence-electron chi connectivity index (χ0n) is 21.5. The highest BCUT2D eigenvalue weighted by Crippen LogP contribution is 2.33. The molecule has 0 fully saturated rings. The largest absolute Gasteiger partial charge is 0.493 e. The van der Waals surface area contributed by atoms with Gasteiger partial charge in [0, 0.05) is 18.5 Å². The number of ether oxygens (including phenoxy) is 1. The Hall–Kier alpha value is -3.87. The van der Waals surface area contributed by atoms with Gasteiger partial charge in [0.2, 0.25) is 11.8 Å². The summed E-state index contributed by atoms with van der Waals surface area (Å²) in [6.45, 7) is 4.75. The number of carboxylic acid groups (broad SMARTS) is 1. The number of carbonyl (C=O) groups is 2. The van der Waals surface area contributed by atoms with Crippen molar-refractivity contribution in [2.75, 3.05) is 13.2 Å². The molecule has 7 heteroatoms. The third-order valence-corrected chi connectivity index (χ3v) is 6.62. The maximum Gasteiger partial charge on any atom is 0.331 e. The molecule has 0 saturated heterocycles. The first-order valence-corrected chi connectivity index (χ1v) is 12.9. The van der Waals surface area contributed by atoms with Crippen molar-refractivity contribution in [3.05, 3.63) is 83.3 Å². The number of carboxylic acids is 1. The van der Waals surface area contributed by atoms with E-state index in [1.165, 1.54) is 11.0 Å². The summed E-state index contributed by atoms with van der Waals surface area (Å²) in [5.74, 6) is 0.582. The number of aryl methyl sites for hydroxylation is 1. The number of hydrogen-bond donors (Lipinski definition) is 1. The standard InChI is InChI=1S/C30H34N2O5/c1-3-4-5-6-10-13-27(33)32-18-16-22-14-15-24(20-25(22)28(32)30(34)35)36-19-17-26-21(2)37-29(31-26)23-11-8-7-9-12-23/h7-15,20,28H,3-6,16-19H2,1-2H3,(H,34,35). The van der Waals surface area contributed by atoms with Crippen molar-refractivity contribution in [3.8, 4) is 17.2 Å². The Morgan fingerprint density at radius 1 is 1.19 bits per heavy atom. The van der Waals surface area contributed by atoms with Gasteiger partial charge in [0.15, 0.2) is 6.04 Å². The number of allylic oxidation sites excluding steroid dienone is 1. The summed E-state index contributed by atoms with van der Waals surface area (Å²) >= 11 is 0. The highest BCUT2D eigenvalue weighted by molar-refractivity contribution is 5.92. The van der Waals surface area contributed by atoms with Gasteiger partial charge < -0.3 is 19.2 Å². The fourth-order valence-electron chi connectivity index (χ4n) is 4.61. The number of rotatable bonds is 11. The molecule has 0 aliphatic carbocycles. The third-order valence-electron chi connectivity index (χ3n) is 6.62. The van der Waals surface area contributed by atoms with Crippen LogP contribution in [0.25, 0.3) is 11.5 Å². The van der Waals surface area contributed by atoms with Crippen molar-refractivity contribution in [2.24, 2.45) is 0 Å². The topological polar surface area (TPSA) is 92.9 Å². The molecule has 1 aliphatic rings. The van der Waals surface area contributed by atoms with Gasteiger partial charge in [0.25, 0.3) is 0 Å². The Morgan fingerprint density at radius 3 is 2.76 bits per heavy atom. The predicted octanol–water partition coefficient (Wildman–Crippen LogP) is 5.92. The van der Waals surface area contributed by atoms with Crippen molar-refractivity contribution >= 4 is 11.9 Å². The molecule has 1 amide bonds. The third kappa shape index (κ3) is 6.47. The lowest BCUT2D eigenvalue weighted by Crippen LogP contribution is -2.42. The minimum absolute atomic E-state index is 0.267. The lowest BCUT2D eigenvalue weighted by atomic mass is 9.92. The van der Waals surface area contributed by atoms with Gasteiger partial charge in [-0.1, -0.05) is 50.1 Å². The summed E-state index contributed by atoms with van der Waals surface area (Å²) in [6.07, 6.45) is 8.58. The lowest BCUT2D eigenvalue weighted by molar-refractivity contribution is -0.149. The molecule has 1 aromatic heterocycles. The van der Waals surface area contributed by atoms with Crippen LogP contribution < -0.4 is 4.74 Å². The van der Waals surface area contributed by atoms with E-state index in [0.29, 0.717) is 43.2 Å². The zero-order valence-corrected chi connectivity index (χ0v) is 21.5. The van der Waals surface area contributed by atoms with Crippen molar-refractivity contribution in [1.29, 1.82) is 0 Å². The molecule has 7 nitrogen and oxygen atoms in total. The van der Waals surface area contributed by atoms with E-state index in [4.69, 9.17) is 9.15 Å². The fourth-order valence-corrected chi connectivity index (χ4v) is 4.61. The molecule has 0 bridgehead atoms. The first kappa shape index (κ1) is 26.2. The number of unbranched alkanes of at least 4 members (excludes halogenated alkanes) is 3. The summed E-state index contributed by atoms with van der Waals surface area (Å²) in [6, 6.07) is 14.2. The highest BCUT2D eigenvalue weighted by Gasteiger charge is 2.35. The van der Waals surface area contributed by atoms with E-state index in [1.807, 2.05) is 55.5 Å². The number of oxazole rings is 1. The molecule has 0 radical (unpaired) electrons. The quantitative estimate of drug-likeness (QED) is 0.258. The minimum atomic E-state index is -1.04. The number of fused-ring (bicyclic) bond motifs is 1. The molecule has 194 valence electrons. The Labute approximate surface area is 217 Å². The van der Waals surface area contributed by atoms with E-state index in [0.717, 1.165) is 48.3 Å². The molecule has 1 unspecified atom stereocenters. The smallest absolute Gasteiger partial charge is 0.331 e. The molecule has 3 aromatic rings. The van der Waals surface area contributed by atoms with Crippen LogP contribution in [0.3, 0.4) is 0 Å². The molecule has 1 N–H and O–H groups in total. The SMILES string of the molecule is CCCCCC=CC(=O)N1CCc2ccc(OCCc3nc(-c4ccccc4)oc3C)cc2C1C(=O)O. The molecule has 0 saturated carbocycles. The van der Waals surface area contributed by atoms with Crippen LogP contribution in [0.15, 0.2) is 65.1 Å². The molecular weight excluding hydrogens is 468 g/mol. The van der Waals surface area contributed by atoms with Crippen LogP contribution in [-0.4, -0.2) is 40.0 Å². The Morgan fingerprint density at radius 2 is 2.00 bits per heavy atom. The number of aromatic nitrogens is 1. The molecule has 0 spiro atoms. The predicted molar refractivity (Wildman–Crippen MR) is 141 cm³/mol. The van der Waals surface area contributed by atoms with Crippen LogP contribution in [0.1, 0.15) is 61.2 Å². The molecule has 2 heterocycles. The first-order chi connectivity index (χ1) is 18.0. The molecule has 1 atom stereocenters. The number of aliphatic carboxylic acids is 1. The first-order valence-electron chi connectivity index (χ1n) is 12.9. The second-order valence-electron chi connectivity index (χ2n) is 9.27. The van der Waals surface area contributed by atoms with Crippen molar-refractivity contribution in [3.63, 3.8) is 0 Å². The number of amides is 1. The van der Waals surface area contributed by atoms with Gasteiger partial charge in [-0.15, -0.1) is 0 Å². The van der Waals surface area contributed by atoms with Crippen LogP contribution in [0.5, 0.6) is 5.75 Å². The van der Waals surface area contributed by atoms with E-state index >= 15 is 0 Å². The van der Waals surface area contributed by atoms with Gasteiger partial charge in [-0.3, -0.25) is 4.79 Å². The monoisotopic (exact) mass is 502 g/mol. The molecule has 2 aromatic carbocycles. The number of hydrogen-bond acceptors (Lipinski definition) is 5. The van der Waals surface area contributed by atoms with Crippen LogP contribution >= 0.6 is 0 Å². The Balaban J connectivity index is 1.42. The van der Waals surface area contributed by atoms with Gasteiger partial charge in [-0.05, 0) is 67.7 Å². The fraction of sp³-hybridized carbons (Fsp3) is 0.367. The van der Waals surface area contributed by atoms with Gasteiger partial charge in [0.05, 0.1) is 12.3 Å². The average molecular weight is 503 g/mol. The molecular formula is C30H34N2O5. The van der Waals surface area contributed by atoms with E-state index in [9.17, 15) is 14.7 Å². The summed E-state index contributed by atoms with van der Waals surface area (Å²) in [5, 5.41) is 10.0. The Bertz CT molecular complexity index is 1250. The van der Waals surface area contributed by atoms with E-state index in [1.54, 1.807) is 6.07 Å². The molecule has 37 heavy (non-hydrogen) atoms. The Kier molecular flexibility index (Phi) is 8.77. The maximum absolute atomic E-state index is 12.8. The minimum Gasteiger partial charge on any atom is -0.493 e. The second kappa shape index (κ2) is 12.4. The van der Waals surface area contributed by atoms with Crippen LogP contribution in [-0.2, 0) is 22.4 Å². The van der Waals surface area contributed by atoms with Gasteiger partial charge >= 0.3 is 5.97 Å².